The molecule has 142 valence electrons. The number of hydrogen-bond donors (Lipinski definition) is 1. The fraction of sp³-hybridized carbons (Fsp3) is 0.632. The second-order valence-corrected chi connectivity index (χ2v) is 7.88. The number of rotatable bonds is 3. The van der Waals surface area contributed by atoms with Gasteiger partial charge in [0.25, 0.3) is 11.6 Å². The molecule has 26 heavy (non-hydrogen) atoms. The second kappa shape index (κ2) is 7.16. The van der Waals surface area contributed by atoms with Gasteiger partial charge in [-0.1, -0.05) is 19.0 Å². The predicted molar refractivity (Wildman–Crippen MR) is 103 cm³/mol. The number of nitrogens with zero attached hydrogens (tertiary/aromatic N) is 3. The first-order valence-electron chi connectivity index (χ1n) is 9.24. The topological polar surface area (TPSA) is 71.3 Å². The molecule has 1 N–H and O–H groups in total. The molecule has 1 amide bonds. The van der Waals surface area contributed by atoms with E-state index in [1.165, 1.54) is 12.8 Å². The first-order chi connectivity index (χ1) is 11.9. The molecule has 7 heteroatoms. The number of fused-ring (bicyclic) bond motifs is 3. The van der Waals surface area contributed by atoms with E-state index in [9.17, 15) is 4.79 Å². The number of carbonyl (C=O) groups excluding carboxylic acids is 1. The van der Waals surface area contributed by atoms with Crippen molar-refractivity contribution >= 4 is 29.4 Å². The summed E-state index contributed by atoms with van der Waals surface area (Å²) in [6.07, 6.45) is 4.52. The Kier molecular flexibility index (Phi) is 5.26. The number of aryl methyl sites for hydroxylation is 1. The maximum atomic E-state index is 13.3. The summed E-state index contributed by atoms with van der Waals surface area (Å²) in [6.45, 7) is 6.00. The van der Waals surface area contributed by atoms with Gasteiger partial charge in [0.15, 0.2) is 0 Å². The third-order valence-electron chi connectivity index (χ3n) is 5.78. The zero-order valence-electron chi connectivity index (χ0n) is 15.8. The van der Waals surface area contributed by atoms with Crippen molar-refractivity contribution in [2.75, 3.05) is 7.05 Å². The summed E-state index contributed by atoms with van der Waals surface area (Å²) in [5, 5.41) is 8.41. The molecule has 2 bridgehead atoms. The number of aromatic nitrogens is 2. The van der Waals surface area contributed by atoms with Crippen molar-refractivity contribution in [3.63, 3.8) is 0 Å². The van der Waals surface area contributed by atoms with Crippen LogP contribution in [0.25, 0.3) is 11.1 Å². The Morgan fingerprint density at radius 3 is 2.58 bits per heavy atom. The van der Waals surface area contributed by atoms with E-state index in [-0.39, 0.29) is 30.3 Å². The molecule has 6 nitrogen and oxygen atoms in total. The van der Waals surface area contributed by atoms with Gasteiger partial charge in [0.05, 0.1) is 16.6 Å². The summed E-state index contributed by atoms with van der Waals surface area (Å²) in [7, 11) is 1.93. The Balaban J connectivity index is 0.00000196. The predicted octanol–water partition coefficient (Wildman–Crippen LogP) is 3.43. The lowest BCUT2D eigenvalue weighted by Crippen LogP contribution is -2.48. The molecule has 2 saturated heterocycles. The fourth-order valence-electron chi connectivity index (χ4n) is 4.28. The van der Waals surface area contributed by atoms with Crippen LogP contribution in [0.1, 0.15) is 67.2 Å². The van der Waals surface area contributed by atoms with Gasteiger partial charge in [-0.05, 0) is 44.6 Å². The monoisotopic (exact) mass is 378 g/mol. The molecular weight excluding hydrogens is 352 g/mol. The van der Waals surface area contributed by atoms with Crippen LogP contribution < -0.4 is 5.32 Å². The summed E-state index contributed by atoms with van der Waals surface area (Å²) in [5.41, 5.74) is 2.72. The van der Waals surface area contributed by atoms with Crippen LogP contribution in [0.2, 0.25) is 0 Å². The van der Waals surface area contributed by atoms with Crippen molar-refractivity contribution in [2.24, 2.45) is 0 Å². The standard InChI is InChI=1S/C19H26N4O2.ClH/c1-10(2)16-9-15(17-11(3)22-25-18(17)21-16)19(24)23(4)14-7-12-5-6-13(8-14)20-12;/h9-10,12-14,20H,5-8H2,1-4H3;1H. The number of nitrogens with one attached hydrogen (secondary N) is 1. The van der Waals surface area contributed by atoms with Gasteiger partial charge in [0, 0.05) is 30.9 Å². The first-order valence-corrected chi connectivity index (χ1v) is 9.24. The highest BCUT2D eigenvalue weighted by Crippen LogP contribution is 2.31. The molecule has 0 spiro atoms. The number of halogens is 1. The third kappa shape index (κ3) is 3.21. The summed E-state index contributed by atoms with van der Waals surface area (Å²) in [4.78, 5) is 19.8. The smallest absolute Gasteiger partial charge is 0.259 e. The Labute approximate surface area is 160 Å². The van der Waals surface area contributed by atoms with E-state index in [0.29, 0.717) is 23.4 Å². The maximum Gasteiger partial charge on any atom is 0.259 e. The minimum atomic E-state index is 0. The number of carbonyl (C=O) groups is 1. The molecule has 0 aromatic carbocycles. The van der Waals surface area contributed by atoms with Crippen LogP contribution in [0.15, 0.2) is 10.6 Å². The minimum Gasteiger partial charge on any atom is -0.339 e. The minimum absolute atomic E-state index is 0. The van der Waals surface area contributed by atoms with Crippen LogP contribution in [0, 0.1) is 6.92 Å². The van der Waals surface area contributed by atoms with Crippen LogP contribution in [-0.2, 0) is 0 Å². The molecule has 4 heterocycles. The molecular formula is C19H27ClN4O2. The summed E-state index contributed by atoms with van der Waals surface area (Å²) in [5.74, 6) is 0.272. The Bertz CT molecular complexity index is 807. The average Bonchev–Trinajstić information content (AvgIpc) is 3.14. The van der Waals surface area contributed by atoms with Gasteiger partial charge in [-0.15, -0.1) is 12.4 Å². The van der Waals surface area contributed by atoms with Crippen LogP contribution in [0.3, 0.4) is 0 Å². The molecule has 2 atom stereocenters. The molecule has 0 radical (unpaired) electrons. The van der Waals surface area contributed by atoms with Gasteiger partial charge in [-0.25, -0.2) is 4.98 Å². The third-order valence-corrected chi connectivity index (χ3v) is 5.78. The highest BCUT2D eigenvalue weighted by atomic mass is 35.5. The summed E-state index contributed by atoms with van der Waals surface area (Å²) >= 11 is 0. The van der Waals surface area contributed by atoms with Crippen LogP contribution in [0.4, 0.5) is 0 Å². The fourth-order valence-corrected chi connectivity index (χ4v) is 4.28. The van der Waals surface area contributed by atoms with Gasteiger partial charge in [-0.3, -0.25) is 4.79 Å². The molecule has 2 aromatic heterocycles. The quantitative estimate of drug-likeness (QED) is 0.885. The highest BCUT2D eigenvalue weighted by Gasteiger charge is 2.37. The average molecular weight is 379 g/mol. The molecule has 2 aliphatic heterocycles. The van der Waals surface area contributed by atoms with Crippen molar-refractivity contribution in [1.29, 1.82) is 0 Å². The Hall–Kier alpha value is -1.66. The summed E-state index contributed by atoms with van der Waals surface area (Å²) in [6, 6.07) is 3.32. The Morgan fingerprint density at radius 1 is 1.31 bits per heavy atom. The molecule has 4 rings (SSSR count). The largest absolute Gasteiger partial charge is 0.339 e. The van der Waals surface area contributed by atoms with Crippen molar-refractivity contribution in [2.45, 2.75) is 70.5 Å². The van der Waals surface area contributed by atoms with Gasteiger partial charge in [0.2, 0.25) is 0 Å². The SMILES string of the molecule is Cc1noc2nc(C(C)C)cc(C(=O)N(C)C3CC4CCC(C3)N4)c12.Cl. The zero-order chi connectivity index (χ0) is 17.7. The van der Waals surface area contributed by atoms with Crippen LogP contribution >= 0.6 is 12.4 Å². The van der Waals surface area contributed by atoms with Gasteiger partial charge >= 0.3 is 0 Å². The van der Waals surface area contributed by atoms with Crippen molar-refractivity contribution in [1.82, 2.24) is 20.4 Å². The molecule has 2 aliphatic rings. The van der Waals surface area contributed by atoms with E-state index in [1.807, 2.05) is 24.9 Å². The lowest BCUT2D eigenvalue weighted by Gasteiger charge is -2.35. The molecule has 2 aromatic rings. The van der Waals surface area contributed by atoms with E-state index in [0.717, 1.165) is 29.6 Å². The van der Waals surface area contributed by atoms with Gasteiger partial charge in [-0.2, -0.15) is 0 Å². The summed E-state index contributed by atoms with van der Waals surface area (Å²) < 4.78 is 5.36. The number of piperidine rings is 1. The van der Waals surface area contributed by atoms with E-state index >= 15 is 0 Å². The lowest BCUT2D eigenvalue weighted by molar-refractivity contribution is 0.0683. The van der Waals surface area contributed by atoms with E-state index in [1.54, 1.807) is 0 Å². The van der Waals surface area contributed by atoms with Gasteiger partial charge < -0.3 is 14.7 Å². The second-order valence-electron chi connectivity index (χ2n) is 7.88. The van der Waals surface area contributed by atoms with Gasteiger partial charge in [0.1, 0.15) is 0 Å². The van der Waals surface area contributed by atoms with E-state index in [4.69, 9.17) is 4.52 Å². The Morgan fingerprint density at radius 2 is 1.96 bits per heavy atom. The maximum absolute atomic E-state index is 13.3. The lowest BCUT2D eigenvalue weighted by atomic mass is 9.97. The number of amides is 1. The highest BCUT2D eigenvalue weighted by molar-refractivity contribution is 6.06. The van der Waals surface area contributed by atoms with Crippen molar-refractivity contribution < 1.29 is 9.32 Å². The molecule has 0 saturated carbocycles. The zero-order valence-corrected chi connectivity index (χ0v) is 16.6. The van der Waals surface area contributed by atoms with Crippen LogP contribution in [0.5, 0.6) is 0 Å². The normalized spacial score (nSPS) is 24.7. The van der Waals surface area contributed by atoms with E-state index in [2.05, 4.69) is 29.3 Å². The van der Waals surface area contributed by atoms with E-state index < -0.39 is 0 Å². The molecule has 2 unspecified atom stereocenters. The molecule has 0 aliphatic carbocycles. The number of hydrogen-bond acceptors (Lipinski definition) is 5. The van der Waals surface area contributed by atoms with Crippen LogP contribution in [-0.4, -0.2) is 46.1 Å². The van der Waals surface area contributed by atoms with Crippen molar-refractivity contribution in [3.8, 4) is 0 Å². The number of pyridine rings is 1. The first kappa shape index (κ1) is 19.1. The van der Waals surface area contributed by atoms with Crippen molar-refractivity contribution in [3.05, 3.63) is 23.0 Å². The molecule has 2 fully saturated rings.